The zero-order chi connectivity index (χ0) is 18.9. The average molecular weight is 365 g/mol. The highest BCUT2D eigenvalue weighted by Crippen LogP contribution is 2.31. The van der Waals surface area contributed by atoms with Crippen molar-refractivity contribution >= 4 is 10.0 Å². The highest BCUT2D eigenvalue weighted by molar-refractivity contribution is 7.89. The lowest BCUT2D eigenvalue weighted by Crippen LogP contribution is -3.15. The summed E-state index contributed by atoms with van der Waals surface area (Å²) in [5.41, 5.74) is 5.04. The Kier molecular flexibility index (Phi) is 5.93. The van der Waals surface area contributed by atoms with E-state index < -0.39 is 10.0 Å². The van der Waals surface area contributed by atoms with E-state index in [0.717, 1.165) is 41.9 Å². The maximum absolute atomic E-state index is 13.3. The quantitative estimate of drug-likeness (QED) is 0.875. The van der Waals surface area contributed by atoms with Gasteiger partial charge in [0.1, 0.15) is 0 Å². The molecule has 0 spiro atoms. The van der Waals surface area contributed by atoms with Crippen LogP contribution in [0.3, 0.4) is 0 Å². The van der Waals surface area contributed by atoms with Crippen LogP contribution in [-0.4, -0.2) is 45.4 Å². The van der Waals surface area contributed by atoms with E-state index in [0.29, 0.717) is 18.0 Å². The van der Waals surface area contributed by atoms with Gasteiger partial charge >= 0.3 is 0 Å². The van der Waals surface area contributed by atoms with Crippen molar-refractivity contribution in [1.82, 2.24) is 4.31 Å². The largest absolute Gasteiger partial charge is 0.332 e. The monoisotopic (exact) mass is 364 g/mol. The number of nitriles is 1. The van der Waals surface area contributed by atoms with Crippen LogP contribution in [0, 0.1) is 51.9 Å². The average Bonchev–Trinajstić information content (AvgIpc) is 2.58. The highest BCUT2D eigenvalue weighted by Gasteiger charge is 2.33. The molecule has 5 nitrogen and oxygen atoms in total. The topological polar surface area (TPSA) is 65.6 Å². The third-order valence-corrected chi connectivity index (χ3v) is 7.95. The number of piperazine rings is 1. The van der Waals surface area contributed by atoms with Crippen LogP contribution in [-0.2, 0) is 10.0 Å². The van der Waals surface area contributed by atoms with E-state index in [2.05, 4.69) is 13.0 Å². The van der Waals surface area contributed by atoms with Crippen LogP contribution in [0.2, 0.25) is 0 Å². The first-order valence-corrected chi connectivity index (χ1v) is 10.4. The van der Waals surface area contributed by atoms with E-state index in [4.69, 9.17) is 5.26 Å². The molecule has 6 heteroatoms. The minimum Gasteiger partial charge on any atom is -0.332 e. The Morgan fingerprint density at radius 2 is 1.44 bits per heavy atom. The summed E-state index contributed by atoms with van der Waals surface area (Å²) >= 11 is 0. The molecule has 0 bridgehead atoms. The molecular formula is C19H30N3O2S+. The van der Waals surface area contributed by atoms with E-state index in [-0.39, 0.29) is 5.92 Å². The first kappa shape index (κ1) is 19.9. The zero-order valence-electron chi connectivity index (χ0n) is 16.2. The molecule has 1 aliphatic rings. The Balaban J connectivity index is 2.29. The molecule has 138 valence electrons. The van der Waals surface area contributed by atoms with E-state index in [1.54, 1.807) is 4.31 Å². The van der Waals surface area contributed by atoms with Gasteiger partial charge in [0.15, 0.2) is 0 Å². The molecule has 1 atom stereocenters. The Morgan fingerprint density at radius 1 is 1.00 bits per heavy atom. The van der Waals surface area contributed by atoms with Gasteiger partial charge in [0.2, 0.25) is 10.0 Å². The van der Waals surface area contributed by atoms with Crippen LogP contribution in [0.15, 0.2) is 4.90 Å². The SMILES string of the molecule is Cc1c(C)c(C)c(S(=O)(=O)N2CC[NH+](C[C@H](C)C#N)CC2)c(C)c1C. The van der Waals surface area contributed by atoms with Gasteiger partial charge in [0.25, 0.3) is 0 Å². The molecule has 1 fully saturated rings. The van der Waals surface area contributed by atoms with Gasteiger partial charge in [-0.05, 0) is 69.4 Å². The number of benzene rings is 1. The van der Waals surface area contributed by atoms with Gasteiger partial charge in [-0.1, -0.05) is 0 Å². The molecule has 0 saturated carbocycles. The summed E-state index contributed by atoms with van der Waals surface area (Å²) in [5.74, 6) is 0.00467. The van der Waals surface area contributed by atoms with Crippen molar-refractivity contribution in [2.45, 2.75) is 46.4 Å². The molecule has 1 aromatic rings. The molecule has 1 saturated heterocycles. The number of hydrogen-bond donors (Lipinski definition) is 1. The summed E-state index contributed by atoms with van der Waals surface area (Å²) in [4.78, 5) is 1.80. The number of rotatable bonds is 4. The molecule has 0 aliphatic carbocycles. The fourth-order valence-electron chi connectivity index (χ4n) is 3.71. The lowest BCUT2D eigenvalue weighted by atomic mass is 9.95. The van der Waals surface area contributed by atoms with Gasteiger partial charge in [0, 0.05) is 0 Å². The van der Waals surface area contributed by atoms with E-state index in [9.17, 15) is 8.42 Å². The van der Waals surface area contributed by atoms with E-state index >= 15 is 0 Å². The summed E-state index contributed by atoms with van der Waals surface area (Å²) in [6.07, 6.45) is 0. The summed E-state index contributed by atoms with van der Waals surface area (Å²) < 4.78 is 28.2. The maximum Gasteiger partial charge on any atom is 0.244 e. The van der Waals surface area contributed by atoms with Crippen molar-refractivity contribution in [2.24, 2.45) is 5.92 Å². The number of nitrogens with zero attached hydrogens (tertiary/aromatic N) is 2. The van der Waals surface area contributed by atoms with Gasteiger partial charge in [-0.2, -0.15) is 9.57 Å². The minimum absolute atomic E-state index is 0.00467. The standard InChI is InChI=1S/C19H29N3O2S/c1-13(11-20)12-21-7-9-22(10-8-21)25(23,24)19-17(5)15(3)14(2)16(4)18(19)6/h13H,7-10,12H2,1-6H3/p+1/t13-/m1/s1. The molecule has 2 rings (SSSR count). The molecule has 0 radical (unpaired) electrons. The summed E-state index contributed by atoms with van der Waals surface area (Å²) in [6.45, 7) is 15.1. The normalized spacial score (nSPS) is 18.1. The number of quaternary nitrogens is 1. The molecule has 0 aromatic heterocycles. The fourth-order valence-corrected chi connectivity index (χ4v) is 5.71. The van der Waals surface area contributed by atoms with Crippen LogP contribution < -0.4 is 4.90 Å². The second kappa shape index (κ2) is 7.45. The van der Waals surface area contributed by atoms with Crippen LogP contribution in [0.4, 0.5) is 0 Å². The van der Waals surface area contributed by atoms with E-state index in [1.807, 2.05) is 34.6 Å². The molecule has 0 amide bonds. The Morgan fingerprint density at radius 3 is 1.88 bits per heavy atom. The fraction of sp³-hybridized carbons (Fsp3) is 0.632. The lowest BCUT2D eigenvalue weighted by molar-refractivity contribution is -0.905. The van der Waals surface area contributed by atoms with Crippen LogP contribution in [0.1, 0.15) is 34.7 Å². The van der Waals surface area contributed by atoms with Crippen LogP contribution in [0.25, 0.3) is 0 Å². The number of hydrogen-bond acceptors (Lipinski definition) is 3. The van der Waals surface area contributed by atoms with Gasteiger partial charge in [-0.25, -0.2) is 8.42 Å². The van der Waals surface area contributed by atoms with Crippen molar-refractivity contribution in [1.29, 1.82) is 5.26 Å². The van der Waals surface area contributed by atoms with Crippen molar-refractivity contribution in [3.05, 3.63) is 27.8 Å². The first-order chi connectivity index (χ1) is 11.6. The van der Waals surface area contributed by atoms with Crippen LogP contribution >= 0.6 is 0 Å². The number of nitrogens with one attached hydrogen (secondary N) is 1. The second-order valence-corrected chi connectivity index (χ2v) is 9.22. The zero-order valence-corrected chi connectivity index (χ0v) is 17.0. The first-order valence-electron chi connectivity index (χ1n) is 8.91. The minimum atomic E-state index is -3.49. The molecule has 1 N–H and O–H groups in total. The number of sulfonamides is 1. The Bertz CT molecular complexity index is 772. The predicted octanol–water partition coefficient (Wildman–Crippen LogP) is 1.28. The van der Waals surface area contributed by atoms with Gasteiger partial charge in [0.05, 0.1) is 49.6 Å². The summed E-state index contributed by atoms with van der Waals surface area (Å²) in [5, 5.41) is 8.96. The van der Waals surface area contributed by atoms with Crippen LogP contribution in [0.5, 0.6) is 0 Å². The summed E-state index contributed by atoms with van der Waals surface area (Å²) in [7, 11) is -3.49. The Labute approximate surface area is 152 Å². The predicted molar refractivity (Wildman–Crippen MR) is 99.2 cm³/mol. The van der Waals surface area contributed by atoms with Gasteiger partial charge < -0.3 is 4.90 Å². The van der Waals surface area contributed by atoms with Crippen molar-refractivity contribution in [2.75, 3.05) is 32.7 Å². The second-order valence-electron chi connectivity index (χ2n) is 7.34. The molecule has 1 heterocycles. The Hall–Kier alpha value is -1.42. The molecular weight excluding hydrogens is 334 g/mol. The smallest absolute Gasteiger partial charge is 0.244 e. The van der Waals surface area contributed by atoms with Gasteiger partial charge in [-0.15, -0.1) is 0 Å². The van der Waals surface area contributed by atoms with Crippen molar-refractivity contribution in [3.8, 4) is 6.07 Å². The highest BCUT2D eigenvalue weighted by atomic mass is 32.2. The summed E-state index contributed by atoms with van der Waals surface area (Å²) in [6, 6.07) is 2.26. The van der Waals surface area contributed by atoms with Gasteiger partial charge in [-0.3, -0.25) is 0 Å². The molecule has 25 heavy (non-hydrogen) atoms. The molecule has 0 unspecified atom stereocenters. The van der Waals surface area contributed by atoms with Crippen molar-refractivity contribution < 1.29 is 13.3 Å². The lowest BCUT2D eigenvalue weighted by Gasteiger charge is -2.33. The molecule has 1 aromatic carbocycles. The maximum atomic E-state index is 13.3. The third kappa shape index (κ3) is 3.74. The van der Waals surface area contributed by atoms with Crippen molar-refractivity contribution in [3.63, 3.8) is 0 Å². The third-order valence-electron chi connectivity index (χ3n) is 5.77. The van der Waals surface area contributed by atoms with E-state index in [1.165, 1.54) is 10.5 Å². The molecule has 1 aliphatic heterocycles.